The molecule has 1 unspecified atom stereocenters. The topological polar surface area (TPSA) is 128 Å². The number of aliphatic hydroxyl groups excluding tert-OH is 1. The number of ether oxygens (including phenoxy) is 1. The molecule has 1 saturated heterocycles. The molecular weight excluding hydrogens is 354 g/mol. The Kier molecular flexibility index (Phi) is 4.72. The molecule has 0 spiro atoms. The van der Waals surface area contributed by atoms with Crippen LogP contribution >= 0.6 is 0 Å². The van der Waals surface area contributed by atoms with E-state index in [1.807, 2.05) is 0 Å². The summed E-state index contributed by atoms with van der Waals surface area (Å²) in [5.74, 6) is -0.00505. The minimum Gasteiger partial charge on any atom is -0.414 e. The van der Waals surface area contributed by atoms with E-state index in [9.17, 15) is 9.90 Å². The largest absolute Gasteiger partial charge is 0.414 e. The van der Waals surface area contributed by atoms with Gasteiger partial charge in [-0.3, -0.25) is 14.3 Å². The Bertz CT molecular complexity index is 856. The fraction of sp³-hybridized carbons (Fsp3) is 0.688. The maximum atomic E-state index is 11.9. The Morgan fingerprint density at radius 3 is 2.85 bits per heavy atom. The van der Waals surface area contributed by atoms with E-state index in [0.29, 0.717) is 18.7 Å². The van der Waals surface area contributed by atoms with Gasteiger partial charge in [-0.1, -0.05) is 20.8 Å². The number of aromatic amines is 1. The molecule has 0 aliphatic carbocycles. The molecule has 0 aromatic carbocycles. The van der Waals surface area contributed by atoms with Gasteiger partial charge < -0.3 is 20.0 Å². The van der Waals surface area contributed by atoms with E-state index in [0.717, 1.165) is 0 Å². The number of imidazole rings is 1. The average Bonchev–Trinajstić information content (AvgIpc) is 3.07. The van der Waals surface area contributed by atoms with Gasteiger partial charge in [0.2, 0.25) is 5.95 Å². The van der Waals surface area contributed by atoms with Crippen molar-refractivity contribution < 1.29 is 14.3 Å². The van der Waals surface area contributed by atoms with Crippen molar-refractivity contribution in [3.8, 4) is 0 Å². The molecule has 1 aliphatic rings. The molecule has 1 aliphatic heterocycles. The highest BCUT2D eigenvalue weighted by molar-refractivity contribution is 6.74. The normalized spacial score (nSPS) is 24.5. The lowest BCUT2D eigenvalue weighted by molar-refractivity contribution is -0.0471. The standard InChI is InChI=1S/C16H27N5O4Si/c1-16(2,3)26(4,5)24-7-9-6-10(22)14(25-9)21-8-18-11-12(21)19-15(17)20-13(11)23/h8-10,14,22H,6-7H2,1-5H3,(H3,17,19,20,23)/t9-,10?,14+/m0/s1. The quantitative estimate of drug-likeness (QED) is 0.682. The molecular formula is C16H27N5O4Si. The van der Waals surface area contributed by atoms with Crippen LogP contribution in [0, 0.1) is 0 Å². The molecule has 0 radical (unpaired) electrons. The first-order valence-electron chi connectivity index (χ1n) is 8.69. The minimum absolute atomic E-state index is 0.00505. The zero-order valence-corrected chi connectivity index (χ0v) is 16.8. The number of anilines is 1. The summed E-state index contributed by atoms with van der Waals surface area (Å²) in [5, 5.41) is 10.6. The van der Waals surface area contributed by atoms with E-state index < -0.39 is 26.2 Å². The zero-order chi connectivity index (χ0) is 19.3. The minimum atomic E-state index is -1.90. The van der Waals surface area contributed by atoms with Crippen LogP contribution in [0.1, 0.15) is 33.4 Å². The summed E-state index contributed by atoms with van der Waals surface area (Å²) in [4.78, 5) is 22.5. The first-order valence-corrected chi connectivity index (χ1v) is 11.6. The molecule has 26 heavy (non-hydrogen) atoms. The van der Waals surface area contributed by atoms with Crippen molar-refractivity contribution >= 4 is 25.4 Å². The number of nitrogens with two attached hydrogens (primary N) is 1. The summed E-state index contributed by atoms with van der Waals surface area (Å²) in [5.41, 5.74) is 5.66. The van der Waals surface area contributed by atoms with Gasteiger partial charge in [-0.25, -0.2) is 4.98 Å². The van der Waals surface area contributed by atoms with Gasteiger partial charge in [-0.05, 0) is 18.1 Å². The van der Waals surface area contributed by atoms with Gasteiger partial charge in [0.1, 0.15) is 6.10 Å². The van der Waals surface area contributed by atoms with Crippen LogP contribution < -0.4 is 11.3 Å². The third-order valence-electron chi connectivity index (χ3n) is 5.33. The van der Waals surface area contributed by atoms with Crippen LogP contribution in [0.2, 0.25) is 18.1 Å². The van der Waals surface area contributed by atoms with E-state index in [1.165, 1.54) is 6.33 Å². The monoisotopic (exact) mass is 381 g/mol. The molecule has 9 nitrogen and oxygen atoms in total. The number of nitrogens with zero attached hydrogens (tertiary/aromatic N) is 3. The van der Waals surface area contributed by atoms with Crippen LogP contribution in [0.3, 0.4) is 0 Å². The summed E-state index contributed by atoms with van der Waals surface area (Å²) in [6.45, 7) is 11.3. The highest BCUT2D eigenvalue weighted by Crippen LogP contribution is 2.38. The van der Waals surface area contributed by atoms with E-state index in [-0.39, 0.29) is 22.6 Å². The van der Waals surface area contributed by atoms with Gasteiger partial charge >= 0.3 is 0 Å². The summed E-state index contributed by atoms with van der Waals surface area (Å²) >= 11 is 0. The van der Waals surface area contributed by atoms with Crippen molar-refractivity contribution in [3.05, 3.63) is 16.7 Å². The van der Waals surface area contributed by atoms with Gasteiger partial charge in [0.25, 0.3) is 5.56 Å². The number of nitrogens with one attached hydrogen (secondary N) is 1. The molecule has 2 aromatic heterocycles. The molecule has 0 amide bonds. The lowest BCUT2D eigenvalue weighted by Gasteiger charge is -2.36. The molecule has 3 heterocycles. The molecule has 1 fully saturated rings. The van der Waals surface area contributed by atoms with Crippen LogP contribution in [0.25, 0.3) is 11.2 Å². The predicted octanol–water partition coefficient (Wildman–Crippen LogP) is 1.37. The molecule has 3 rings (SSSR count). The molecule has 0 saturated carbocycles. The van der Waals surface area contributed by atoms with Crippen LogP contribution in [-0.4, -0.2) is 51.8 Å². The number of aromatic nitrogens is 4. The van der Waals surface area contributed by atoms with Crippen LogP contribution in [-0.2, 0) is 9.16 Å². The number of aliphatic hydroxyl groups is 1. The van der Waals surface area contributed by atoms with Crippen molar-refractivity contribution in [2.24, 2.45) is 0 Å². The van der Waals surface area contributed by atoms with Crippen LogP contribution in [0.15, 0.2) is 11.1 Å². The fourth-order valence-corrected chi connectivity index (χ4v) is 3.77. The average molecular weight is 382 g/mol. The van der Waals surface area contributed by atoms with E-state index in [1.54, 1.807) is 4.57 Å². The van der Waals surface area contributed by atoms with Gasteiger partial charge in [0, 0.05) is 6.42 Å². The highest BCUT2D eigenvalue weighted by Gasteiger charge is 2.41. The third-order valence-corrected chi connectivity index (χ3v) is 9.83. The number of fused-ring (bicyclic) bond motifs is 1. The first-order chi connectivity index (χ1) is 12.0. The lowest BCUT2D eigenvalue weighted by Crippen LogP contribution is -2.42. The molecule has 144 valence electrons. The Morgan fingerprint density at radius 2 is 2.19 bits per heavy atom. The van der Waals surface area contributed by atoms with Gasteiger partial charge in [0.15, 0.2) is 25.7 Å². The zero-order valence-electron chi connectivity index (χ0n) is 15.8. The number of hydrogen-bond acceptors (Lipinski definition) is 7. The summed E-state index contributed by atoms with van der Waals surface area (Å²) in [6, 6.07) is 0. The second-order valence-corrected chi connectivity index (χ2v) is 13.1. The van der Waals surface area contributed by atoms with E-state index in [4.69, 9.17) is 14.9 Å². The third kappa shape index (κ3) is 3.41. The van der Waals surface area contributed by atoms with Gasteiger partial charge in [0.05, 0.1) is 19.0 Å². The van der Waals surface area contributed by atoms with Crippen molar-refractivity contribution in [1.82, 2.24) is 19.5 Å². The van der Waals surface area contributed by atoms with Crippen molar-refractivity contribution in [1.29, 1.82) is 0 Å². The predicted molar refractivity (Wildman–Crippen MR) is 100 cm³/mol. The van der Waals surface area contributed by atoms with Crippen molar-refractivity contribution in [2.45, 2.75) is 63.8 Å². The van der Waals surface area contributed by atoms with Crippen molar-refractivity contribution in [2.75, 3.05) is 12.3 Å². The molecule has 2 aromatic rings. The first kappa shape index (κ1) is 19.0. The molecule has 3 atom stereocenters. The summed E-state index contributed by atoms with van der Waals surface area (Å²) < 4.78 is 13.7. The Labute approximate surface area is 152 Å². The van der Waals surface area contributed by atoms with Crippen molar-refractivity contribution in [3.63, 3.8) is 0 Å². The summed E-state index contributed by atoms with van der Waals surface area (Å²) in [7, 11) is -1.90. The smallest absolute Gasteiger partial charge is 0.280 e. The Balaban J connectivity index is 1.77. The maximum absolute atomic E-state index is 11.9. The molecule has 4 N–H and O–H groups in total. The van der Waals surface area contributed by atoms with E-state index >= 15 is 0 Å². The van der Waals surface area contributed by atoms with Gasteiger partial charge in [-0.15, -0.1) is 0 Å². The maximum Gasteiger partial charge on any atom is 0.280 e. The molecule has 0 bridgehead atoms. The number of H-pyrrole nitrogens is 1. The Morgan fingerprint density at radius 1 is 1.50 bits per heavy atom. The van der Waals surface area contributed by atoms with Gasteiger partial charge in [-0.2, -0.15) is 4.98 Å². The van der Waals surface area contributed by atoms with E-state index in [2.05, 4.69) is 48.8 Å². The second-order valence-electron chi connectivity index (χ2n) is 8.30. The second kappa shape index (κ2) is 6.45. The molecule has 10 heteroatoms. The number of nitrogen functional groups attached to an aromatic ring is 1. The summed E-state index contributed by atoms with van der Waals surface area (Å²) in [6.07, 6.45) is 0.222. The fourth-order valence-electron chi connectivity index (χ4n) is 2.73. The number of hydrogen-bond donors (Lipinski definition) is 3. The van der Waals surface area contributed by atoms with Crippen LogP contribution in [0.4, 0.5) is 5.95 Å². The Hall–Kier alpha value is -1.75. The highest BCUT2D eigenvalue weighted by atomic mass is 28.4. The lowest BCUT2D eigenvalue weighted by atomic mass is 10.2. The SMILES string of the molecule is CC(C)(C)[Si](C)(C)OC[C@@H]1CC(O)[C@H](n2cnc3c(=O)[nH]c(N)nc32)O1. The number of rotatable bonds is 4. The van der Waals surface area contributed by atoms with Crippen LogP contribution in [0.5, 0.6) is 0 Å².